The Morgan fingerprint density at radius 2 is 2.21 bits per heavy atom. The molecule has 0 aliphatic rings. The molecule has 3 N–H and O–H groups in total. The Labute approximate surface area is 112 Å². The number of H-pyrrole nitrogens is 1. The normalized spacial score (nSPS) is 14.3. The first-order chi connectivity index (χ1) is 9.08. The van der Waals surface area contributed by atoms with E-state index in [1.54, 1.807) is 0 Å². The maximum absolute atomic E-state index is 12.0. The topological polar surface area (TPSA) is 78.0 Å². The molecule has 0 saturated heterocycles. The number of aliphatic hydroxyl groups excluding tert-OH is 1. The lowest BCUT2D eigenvalue weighted by Gasteiger charge is -2.27. The van der Waals surface area contributed by atoms with Crippen molar-refractivity contribution < 1.29 is 9.90 Å². The smallest absolute Gasteiger partial charge is 0.226 e. The SMILES string of the molecule is CCC(C)(CO)NC(=O)Cc1[nH]nc2ccccc12. The van der Waals surface area contributed by atoms with Crippen molar-refractivity contribution in [2.75, 3.05) is 6.61 Å². The van der Waals surface area contributed by atoms with Gasteiger partial charge in [0.2, 0.25) is 5.91 Å². The fourth-order valence-electron chi connectivity index (χ4n) is 1.93. The minimum atomic E-state index is -0.563. The van der Waals surface area contributed by atoms with E-state index in [4.69, 9.17) is 0 Å². The molecule has 1 heterocycles. The molecule has 19 heavy (non-hydrogen) atoms. The van der Waals surface area contributed by atoms with E-state index >= 15 is 0 Å². The van der Waals surface area contributed by atoms with Crippen molar-refractivity contribution in [2.24, 2.45) is 0 Å². The van der Waals surface area contributed by atoms with Gasteiger partial charge in [0.1, 0.15) is 0 Å². The van der Waals surface area contributed by atoms with Crippen molar-refractivity contribution in [3.05, 3.63) is 30.0 Å². The molecule has 5 nitrogen and oxygen atoms in total. The van der Waals surface area contributed by atoms with Gasteiger partial charge in [-0.1, -0.05) is 25.1 Å². The number of carbonyl (C=O) groups is 1. The molecule has 0 aliphatic carbocycles. The largest absolute Gasteiger partial charge is 0.394 e. The van der Waals surface area contributed by atoms with E-state index in [1.165, 1.54) is 0 Å². The highest BCUT2D eigenvalue weighted by Gasteiger charge is 2.23. The van der Waals surface area contributed by atoms with E-state index in [0.29, 0.717) is 6.42 Å². The maximum Gasteiger partial charge on any atom is 0.226 e. The average molecular weight is 261 g/mol. The predicted octanol–water partition coefficient (Wildman–Crippen LogP) is 1.38. The third-order valence-corrected chi connectivity index (χ3v) is 3.45. The first-order valence-corrected chi connectivity index (χ1v) is 6.42. The number of aliphatic hydroxyl groups is 1. The number of aromatic amines is 1. The van der Waals surface area contributed by atoms with Crippen molar-refractivity contribution in [3.8, 4) is 0 Å². The molecule has 5 heteroatoms. The van der Waals surface area contributed by atoms with E-state index in [1.807, 2.05) is 38.1 Å². The van der Waals surface area contributed by atoms with Gasteiger partial charge in [0.25, 0.3) is 0 Å². The summed E-state index contributed by atoms with van der Waals surface area (Å²) in [6.07, 6.45) is 0.912. The van der Waals surface area contributed by atoms with Gasteiger partial charge in [0.05, 0.1) is 29.8 Å². The number of nitrogens with one attached hydrogen (secondary N) is 2. The lowest BCUT2D eigenvalue weighted by Crippen LogP contribution is -2.49. The Morgan fingerprint density at radius 1 is 1.47 bits per heavy atom. The Kier molecular flexibility index (Phi) is 3.85. The number of amides is 1. The third kappa shape index (κ3) is 2.93. The van der Waals surface area contributed by atoms with Crippen molar-refractivity contribution in [1.29, 1.82) is 0 Å². The van der Waals surface area contributed by atoms with E-state index in [2.05, 4.69) is 15.5 Å². The summed E-state index contributed by atoms with van der Waals surface area (Å²) in [5, 5.41) is 20.2. The van der Waals surface area contributed by atoms with Gasteiger partial charge in [-0.15, -0.1) is 0 Å². The minimum Gasteiger partial charge on any atom is -0.394 e. The van der Waals surface area contributed by atoms with Crippen LogP contribution in [0.1, 0.15) is 26.0 Å². The number of aromatic nitrogens is 2. The minimum absolute atomic E-state index is 0.0705. The number of para-hydroxylation sites is 1. The third-order valence-electron chi connectivity index (χ3n) is 3.45. The molecule has 0 fully saturated rings. The second-order valence-electron chi connectivity index (χ2n) is 5.02. The number of nitrogens with zero attached hydrogens (tertiary/aromatic N) is 1. The molecule has 0 aliphatic heterocycles. The quantitative estimate of drug-likeness (QED) is 0.761. The van der Waals surface area contributed by atoms with Gasteiger partial charge in [0, 0.05) is 5.39 Å². The molecule has 0 spiro atoms. The van der Waals surface area contributed by atoms with Crippen LogP contribution in [0.15, 0.2) is 24.3 Å². The zero-order valence-electron chi connectivity index (χ0n) is 11.2. The van der Waals surface area contributed by atoms with E-state index in [-0.39, 0.29) is 18.9 Å². The highest BCUT2D eigenvalue weighted by Crippen LogP contribution is 2.16. The summed E-state index contributed by atoms with van der Waals surface area (Å²) in [6.45, 7) is 3.69. The Morgan fingerprint density at radius 3 is 2.89 bits per heavy atom. The molecule has 1 aromatic heterocycles. The molecular weight excluding hydrogens is 242 g/mol. The first-order valence-electron chi connectivity index (χ1n) is 6.42. The van der Waals surface area contributed by atoms with Gasteiger partial charge in [-0.05, 0) is 19.4 Å². The van der Waals surface area contributed by atoms with Crippen LogP contribution in [0, 0.1) is 0 Å². The summed E-state index contributed by atoms with van der Waals surface area (Å²) in [4.78, 5) is 12.0. The molecule has 1 aromatic carbocycles. The molecule has 1 amide bonds. The maximum atomic E-state index is 12.0. The molecular formula is C14H19N3O2. The van der Waals surface area contributed by atoms with Crippen LogP contribution in [0.2, 0.25) is 0 Å². The van der Waals surface area contributed by atoms with Gasteiger partial charge in [-0.25, -0.2) is 0 Å². The van der Waals surface area contributed by atoms with Crippen molar-refractivity contribution in [3.63, 3.8) is 0 Å². The number of hydrogen-bond donors (Lipinski definition) is 3. The summed E-state index contributed by atoms with van der Waals surface area (Å²) >= 11 is 0. The molecule has 0 radical (unpaired) electrons. The van der Waals surface area contributed by atoms with Crippen LogP contribution in [0.25, 0.3) is 10.9 Å². The van der Waals surface area contributed by atoms with Crippen LogP contribution in [-0.4, -0.2) is 33.4 Å². The average Bonchev–Trinajstić information content (AvgIpc) is 2.82. The number of rotatable bonds is 5. The number of benzene rings is 1. The lowest BCUT2D eigenvalue weighted by molar-refractivity contribution is -0.122. The molecule has 2 rings (SSSR count). The molecule has 1 atom stereocenters. The molecule has 1 unspecified atom stereocenters. The fourth-order valence-corrected chi connectivity index (χ4v) is 1.93. The number of fused-ring (bicyclic) bond motifs is 1. The van der Waals surface area contributed by atoms with E-state index < -0.39 is 5.54 Å². The van der Waals surface area contributed by atoms with Crippen molar-refractivity contribution in [1.82, 2.24) is 15.5 Å². The second kappa shape index (κ2) is 5.40. The van der Waals surface area contributed by atoms with Gasteiger partial charge in [-0.2, -0.15) is 5.10 Å². The summed E-state index contributed by atoms with van der Waals surface area (Å²) in [5.41, 5.74) is 1.09. The van der Waals surface area contributed by atoms with Gasteiger partial charge < -0.3 is 10.4 Å². The van der Waals surface area contributed by atoms with Crippen molar-refractivity contribution in [2.45, 2.75) is 32.2 Å². The van der Waals surface area contributed by atoms with Crippen LogP contribution in [0.4, 0.5) is 0 Å². The van der Waals surface area contributed by atoms with E-state index in [9.17, 15) is 9.90 Å². The first kappa shape index (κ1) is 13.5. The number of carbonyl (C=O) groups excluding carboxylic acids is 1. The molecule has 0 bridgehead atoms. The lowest BCUT2D eigenvalue weighted by atomic mass is 10.00. The molecule has 2 aromatic rings. The van der Waals surface area contributed by atoms with Gasteiger partial charge in [0.15, 0.2) is 0 Å². The van der Waals surface area contributed by atoms with Crippen molar-refractivity contribution >= 4 is 16.8 Å². The highest BCUT2D eigenvalue weighted by atomic mass is 16.3. The summed E-state index contributed by atoms with van der Waals surface area (Å²) in [5.74, 6) is -0.118. The predicted molar refractivity (Wildman–Crippen MR) is 73.7 cm³/mol. The monoisotopic (exact) mass is 261 g/mol. The van der Waals surface area contributed by atoms with E-state index in [0.717, 1.165) is 16.6 Å². The Bertz CT molecular complexity index is 573. The standard InChI is InChI=1S/C14H19N3O2/c1-3-14(2,9-18)15-13(19)8-12-10-6-4-5-7-11(10)16-17-12/h4-7,18H,3,8-9H2,1-2H3,(H,15,19)(H,16,17). The summed E-state index contributed by atoms with van der Waals surface area (Å²) in [7, 11) is 0. The highest BCUT2D eigenvalue weighted by molar-refractivity contribution is 5.87. The van der Waals surface area contributed by atoms with Crippen LogP contribution in [0.5, 0.6) is 0 Å². The zero-order chi connectivity index (χ0) is 13.9. The van der Waals surface area contributed by atoms with Gasteiger partial charge >= 0.3 is 0 Å². The molecule has 102 valence electrons. The zero-order valence-corrected chi connectivity index (χ0v) is 11.2. The van der Waals surface area contributed by atoms with Gasteiger partial charge in [-0.3, -0.25) is 9.89 Å². The van der Waals surface area contributed by atoms with Crippen LogP contribution in [-0.2, 0) is 11.2 Å². The summed E-state index contributed by atoms with van der Waals surface area (Å²) in [6, 6.07) is 7.67. The van der Waals surface area contributed by atoms with Crippen LogP contribution < -0.4 is 5.32 Å². The fraction of sp³-hybridized carbons (Fsp3) is 0.429. The Balaban J connectivity index is 2.11. The Hall–Kier alpha value is -1.88. The van der Waals surface area contributed by atoms with Crippen LogP contribution >= 0.6 is 0 Å². The second-order valence-corrected chi connectivity index (χ2v) is 5.02. The summed E-state index contributed by atoms with van der Waals surface area (Å²) < 4.78 is 0. The number of hydrogen-bond acceptors (Lipinski definition) is 3. The molecule has 0 saturated carbocycles. The van der Waals surface area contributed by atoms with Crippen LogP contribution in [0.3, 0.4) is 0 Å².